The third-order valence-electron chi connectivity index (χ3n) is 3.35. The number of hydrogen-bond acceptors (Lipinski definition) is 4. The zero-order valence-electron chi connectivity index (χ0n) is 12.4. The fourth-order valence-electron chi connectivity index (χ4n) is 2.27. The molecule has 1 fully saturated rings. The van der Waals surface area contributed by atoms with Crippen molar-refractivity contribution in [2.45, 2.75) is 58.2 Å². The standard InChI is InChI=1S/C14H27NO4/c1-5-18-8-11(4)19-9-14(13(16)17,12-6-7-12)15-10(2)3/h10-12,15H,5-9H2,1-4H3,(H,16,17). The van der Waals surface area contributed by atoms with Gasteiger partial charge in [-0.3, -0.25) is 10.1 Å². The molecule has 0 amide bonds. The summed E-state index contributed by atoms with van der Waals surface area (Å²) in [5.41, 5.74) is -0.950. The van der Waals surface area contributed by atoms with E-state index in [1.807, 2.05) is 27.7 Å². The molecule has 19 heavy (non-hydrogen) atoms. The first-order valence-corrected chi connectivity index (χ1v) is 7.12. The molecule has 112 valence electrons. The Morgan fingerprint density at radius 1 is 1.42 bits per heavy atom. The molecule has 2 N–H and O–H groups in total. The summed E-state index contributed by atoms with van der Waals surface area (Å²) in [7, 11) is 0. The van der Waals surface area contributed by atoms with E-state index in [1.165, 1.54) is 0 Å². The van der Waals surface area contributed by atoms with Crippen molar-refractivity contribution in [3.63, 3.8) is 0 Å². The monoisotopic (exact) mass is 273 g/mol. The Kier molecular flexibility index (Phi) is 6.23. The first-order valence-electron chi connectivity index (χ1n) is 7.12. The summed E-state index contributed by atoms with van der Waals surface area (Å²) in [5.74, 6) is -0.640. The molecule has 0 radical (unpaired) electrons. The lowest BCUT2D eigenvalue weighted by Gasteiger charge is -2.33. The number of hydrogen-bond donors (Lipinski definition) is 2. The van der Waals surface area contributed by atoms with Crippen LogP contribution in [0.4, 0.5) is 0 Å². The van der Waals surface area contributed by atoms with E-state index in [2.05, 4.69) is 5.32 Å². The van der Waals surface area contributed by atoms with Gasteiger partial charge in [0.2, 0.25) is 0 Å². The van der Waals surface area contributed by atoms with E-state index in [0.717, 1.165) is 12.8 Å². The highest BCUT2D eigenvalue weighted by atomic mass is 16.5. The predicted octanol–water partition coefficient (Wildman–Crippen LogP) is 1.66. The molecule has 5 nitrogen and oxygen atoms in total. The third-order valence-corrected chi connectivity index (χ3v) is 3.35. The minimum absolute atomic E-state index is 0.0913. The predicted molar refractivity (Wildman–Crippen MR) is 73.3 cm³/mol. The number of carboxylic acids is 1. The van der Waals surface area contributed by atoms with Crippen LogP contribution in [0.3, 0.4) is 0 Å². The number of nitrogens with one attached hydrogen (secondary N) is 1. The topological polar surface area (TPSA) is 67.8 Å². The molecule has 0 aliphatic heterocycles. The number of carbonyl (C=O) groups is 1. The highest BCUT2D eigenvalue weighted by Gasteiger charge is 2.52. The van der Waals surface area contributed by atoms with Crippen molar-refractivity contribution in [1.82, 2.24) is 5.32 Å². The Morgan fingerprint density at radius 3 is 2.47 bits per heavy atom. The minimum Gasteiger partial charge on any atom is -0.480 e. The van der Waals surface area contributed by atoms with E-state index in [4.69, 9.17) is 9.47 Å². The molecule has 1 saturated carbocycles. The van der Waals surface area contributed by atoms with Crippen LogP contribution in [0.5, 0.6) is 0 Å². The van der Waals surface area contributed by atoms with Gasteiger partial charge in [-0.05, 0) is 46.5 Å². The van der Waals surface area contributed by atoms with Gasteiger partial charge < -0.3 is 14.6 Å². The zero-order valence-corrected chi connectivity index (χ0v) is 12.4. The maximum Gasteiger partial charge on any atom is 0.326 e. The van der Waals surface area contributed by atoms with Gasteiger partial charge in [0, 0.05) is 12.6 Å². The van der Waals surface area contributed by atoms with Gasteiger partial charge in [-0.2, -0.15) is 0 Å². The van der Waals surface area contributed by atoms with Gasteiger partial charge in [-0.1, -0.05) is 0 Å². The van der Waals surface area contributed by atoms with Gasteiger partial charge in [0.1, 0.15) is 5.54 Å². The number of aliphatic carboxylic acids is 1. The van der Waals surface area contributed by atoms with Gasteiger partial charge in [-0.15, -0.1) is 0 Å². The van der Waals surface area contributed by atoms with Crippen LogP contribution < -0.4 is 5.32 Å². The molecule has 1 rings (SSSR count). The Hall–Kier alpha value is -0.650. The molecular weight excluding hydrogens is 246 g/mol. The van der Waals surface area contributed by atoms with Crippen LogP contribution in [0.25, 0.3) is 0 Å². The summed E-state index contributed by atoms with van der Waals surface area (Å²) in [6, 6.07) is 0.113. The zero-order chi connectivity index (χ0) is 14.5. The van der Waals surface area contributed by atoms with Crippen molar-refractivity contribution in [3.05, 3.63) is 0 Å². The average Bonchev–Trinajstić information content (AvgIpc) is 3.15. The number of carboxylic acid groups (broad SMARTS) is 1. The Bertz CT molecular complexity index is 291. The lowest BCUT2D eigenvalue weighted by molar-refractivity contribution is -0.151. The van der Waals surface area contributed by atoms with Gasteiger partial charge in [-0.25, -0.2) is 0 Å². The second kappa shape index (κ2) is 7.22. The van der Waals surface area contributed by atoms with Crippen LogP contribution in [0.15, 0.2) is 0 Å². The van der Waals surface area contributed by atoms with Crippen LogP contribution in [-0.4, -0.2) is 48.6 Å². The quantitative estimate of drug-likeness (QED) is 0.633. The Labute approximate surface area is 115 Å². The molecule has 0 aromatic carbocycles. The van der Waals surface area contributed by atoms with Gasteiger partial charge in [0.25, 0.3) is 0 Å². The first-order chi connectivity index (χ1) is 8.92. The van der Waals surface area contributed by atoms with E-state index >= 15 is 0 Å². The van der Waals surface area contributed by atoms with Crippen molar-refractivity contribution in [3.8, 4) is 0 Å². The average molecular weight is 273 g/mol. The van der Waals surface area contributed by atoms with Gasteiger partial charge in [0.05, 0.1) is 19.3 Å². The lowest BCUT2D eigenvalue weighted by atomic mass is 9.93. The molecule has 1 aliphatic carbocycles. The van der Waals surface area contributed by atoms with Crippen LogP contribution >= 0.6 is 0 Å². The summed E-state index contributed by atoms with van der Waals surface area (Å²) >= 11 is 0. The largest absolute Gasteiger partial charge is 0.480 e. The molecule has 0 saturated heterocycles. The molecule has 0 aromatic rings. The highest BCUT2D eigenvalue weighted by molar-refractivity contribution is 5.80. The van der Waals surface area contributed by atoms with Crippen molar-refractivity contribution < 1.29 is 19.4 Å². The molecule has 0 heterocycles. The van der Waals surface area contributed by atoms with E-state index in [0.29, 0.717) is 13.2 Å². The lowest BCUT2D eigenvalue weighted by Crippen LogP contribution is -2.60. The highest BCUT2D eigenvalue weighted by Crippen LogP contribution is 2.40. The molecule has 2 atom stereocenters. The summed E-state index contributed by atoms with van der Waals surface area (Å²) in [5, 5.41) is 12.8. The maximum absolute atomic E-state index is 11.7. The van der Waals surface area contributed by atoms with Crippen LogP contribution in [0.2, 0.25) is 0 Å². The second-order valence-electron chi connectivity index (χ2n) is 5.63. The van der Waals surface area contributed by atoms with E-state index < -0.39 is 11.5 Å². The van der Waals surface area contributed by atoms with Crippen molar-refractivity contribution >= 4 is 5.97 Å². The molecule has 2 unspecified atom stereocenters. The molecule has 0 bridgehead atoms. The van der Waals surface area contributed by atoms with Crippen molar-refractivity contribution in [2.24, 2.45) is 5.92 Å². The third kappa shape index (κ3) is 4.75. The summed E-state index contributed by atoms with van der Waals surface area (Å²) in [4.78, 5) is 11.7. The molecular formula is C14H27NO4. The molecule has 0 spiro atoms. The maximum atomic E-state index is 11.7. The first kappa shape index (κ1) is 16.4. The normalized spacial score (nSPS) is 20.3. The summed E-state index contributed by atoms with van der Waals surface area (Å²) in [6.07, 6.45) is 1.82. The fraction of sp³-hybridized carbons (Fsp3) is 0.929. The van der Waals surface area contributed by atoms with Crippen LogP contribution in [0.1, 0.15) is 40.5 Å². The number of rotatable bonds is 10. The molecule has 5 heteroatoms. The molecule has 0 aromatic heterocycles. The van der Waals surface area contributed by atoms with Crippen molar-refractivity contribution in [1.29, 1.82) is 0 Å². The van der Waals surface area contributed by atoms with Crippen molar-refractivity contribution in [2.75, 3.05) is 19.8 Å². The fourth-order valence-corrected chi connectivity index (χ4v) is 2.27. The minimum atomic E-state index is -0.950. The SMILES string of the molecule is CCOCC(C)OCC(NC(C)C)(C(=O)O)C1CC1. The Balaban J connectivity index is 2.60. The van der Waals surface area contributed by atoms with E-state index in [9.17, 15) is 9.90 Å². The Morgan fingerprint density at radius 2 is 2.05 bits per heavy atom. The second-order valence-corrected chi connectivity index (χ2v) is 5.63. The molecule has 1 aliphatic rings. The van der Waals surface area contributed by atoms with Crippen LogP contribution in [0, 0.1) is 5.92 Å². The number of ether oxygens (including phenoxy) is 2. The van der Waals surface area contributed by atoms with Crippen LogP contribution in [-0.2, 0) is 14.3 Å². The van der Waals surface area contributed by atoms with Gasteiger partial charge in [0.15, 0.2) is 0 Å². The summed E-state index contributed by atoms with van der Waals surface area (Å²) in [6.45, 7) is 9.10. The van der Waals surface area contributed by atoms with Gasteiger partial charge >= 0.3 is 5.97 Å². The smallest absolute Gasteiger partial charge is 0.326 e. The van der Waals surface area contributed by atoms with E-state index in [1.54, 1.807) is 0 Å². The van der Waals surface area contributed by atoms with E-state index in [-0.39, 0.29) is 24.7 Å². The summed E-state index contributed by atoms with van der Waals surface area (Å²) < 4.78 is 11.0.